The second-order valence-electron chi connectivity index (χ2n) is 6.32. The summed E-state index contributed by atoms with van der Waals surface area (Å²) >= 11 is 0.988. The van der Waals surface area contributed by atoms with Gasteiger partial charge in [-0.3, -0.25) is 9.59 Å². The average molecular weight is 387 g/mol. The van der Waals surface area contributed by atoms with E-state index in [-0.39, 0.29) is 27.9 Å². The minimum absolute atomic E-state index is 0.153. The summed E-state index contributed by atoms with van der Waals surface area (Å²) in [5, 5.41) is 3.03. The number of amides is 2. The third kappa shape index (κ3) is 3.80. The van der Waals surface area contributed by atoms with Crippen LogP contribution in [0.15, 0.2) is 24.3 Å². The molecule has 1 aromatic heterocycles. The number of aryl methyl sites for hydroxylation is 1. The number of nitrogens with one attached hydrogen (secondary N) is 1. The van der Waals surface area contributed by atoms with Gasteiger partial charge in [-0.1, -0.05) is 18.2 Å². The molecule has 2 amide bonds. The first kappa shape index (κ1) is 18.9. The van der Waals surface area contributed by atoms with E-state index in [1.165, 1.54) is 12.7 Å². The van der Waals surface area contributed by atoms with Crippen molar-refractivity contribution >= 4 is 39.8 Å². The van der Waals surface area contributed by atoms with E-state index in [1.807, 2.05) is 23.1 Å². The van der Waals surface area contributed by atoms with Gasteiger partial charge in [0.05, 0.1) is 24.1 Å². The van der Waals surface area contributed by atoms with E-state index in [0.29, 0.717) is 5.56 Å². The number of nitrogens with two attached hydrogens (primary N) is 1. The maximum Gasteiger partial charge on any atom is 0.341 e. The van der Waals surface area contributed by atoms with Crippen molar-refractivity contribution in [3.8, 4) is 0 Å². The number of benzene rings is 1. The number of hydrogen-bond donors (Lipinski definition) is 2. The molecule has 1 aliphatic heterocycles. The van der Waals surface area contributed by atoms with Gasteiger partial charge in [-0.25, -0.2) is 4.79 Å². The monoisotopic (exact) mass is 387 g/mol. The molecule has 27 heavy (non-hydrogen) atoms. The molecule has 1 aliphatic rings. The molecule has 3 rings (SSSR count). The first-order chi connectivity index (χ1) is 12.9. The van der Waals surface area contributed by atoms with Crippen LogP contribution in [0.5, 0.6) is 0 Å². The van der Waals surface area contributed by atoms with E-state index in [0.717, 1.165) is 36.4 Å². The molecule has 3 N–H and O–H groups in total. The minimum atomic E-state index is -0.645. The Morgan fingerprint density at radius 3 is 2.74 bits per heavy atom. The number of hydrogen-bond acceptors (Lipinski definition) is 6. The summed E-state index contributed by atoms with van der Waals surface area (Å²) in [4.78, 5) is 38.6. The summed E-state index contributed by atoms with van der Waals surface area (Å²) in [5.74, 6) is -1.53. The van der Waals surface area contributed by atoms with E-state index >= 15 is 0 Å². The fraction of sp³-hybridized carbons (Fsp3) is 0.316. The molecule has 7 nitrogen and oxygen atoms in total. The molecule has 8 heteroatoms. The van der Waals surface area contributed by atoms with Crippen molar-refractivity contribution in [2.75, 3.05) is 30.4 Å². The molecule has 0 bridgehead atoms. The van der Waals surface area contributed by atoms with Crippen LogP contribution in [0.2, 0.25) is 0 Å². The minimum Gasteiger partial charge on any atom is -0.465 e. The van der Waals surface area contributed by atoms with Crippen LogP contribution in [0, 0.1) is 6.92 Å². The van der Waals surface area contributed by atoms with E-state index in [1.54, 1.807) is 6.92 Å². The molecule has 0 fully saturated rings. The van der Waals surface area contributed by atoms with E-state index in [4.69, 9.17) is 10.5 Å². The topological polar surface area (TPSA) is 102 Å². The highest BCUT2D eigenvalue weighted by Crippen LogP contribution is 2.33. The second kappa shape index (κ2) is 7.79. The van der Waals surface area contributed by atoms with Gasteiger partial charge >= 0.3 is 5.97 Å². The van der Waals surface area contributed by atoms with E-state index < -0.39 is 11.9 Å². The number of para-hydroxylation sites is 1. The molecular weight excluding hydrogens is 366 g/mol. The van der Waals surface area contributed by atoms with Gasteiger partial charge in [0.2, 0.25) is 5.91 Å². The predicted molar refractivity (Wildman–Crippen MR) is 105 cm³/mol. The predicted octanol–water partition coefficient (Wildman–Crippen LogP) is 2.33. The molecule has 0 unspecified atom stereocenters. The van der Waals surface area contributed by atoms with Crippen LogP contribution < -0.4 is 16.0 Å². The van der Waals surface area contributed by atoms with Gasteiger partial charge in [-0.2, -0.15) is 0 Å². The van der Waals surface area contributed by atoms with Gasteiger partial charge in [0, 0.05) is 12.2 Å². The van der Waals surface area contributed by atoms with Crippen molar-refractivity contribution in [3.05, 3.63) is 45.8 Å². The number of thiophene rings is 1. The number of nitrogens with zero attached hydrogens (tertiary/aromatic N) is 1. The number of primary amides is 1. The first-order valence-electron chi connectivity index (χ1n) is 8.56. The lowest BCUT2D eigenvalue weighted by molar-refractivity contribution is -0.115. The molecule has 1 aromatic carbocycles. The average Bonchev–Trinajstić information content (AvgIpc) is 2.97. The Bertz CT molecular complexity index is 906. The van der Waals surface area contributed by atoms with Crippen LogP contribution in [0.25, 0.3) is 0 Å². The number of carbonyl (C=O) groups is 3. The highest BCUT2D eigenvalue weighted by atomic mass is 32.1. The van der Waals surface area contributed by atoms with Crippen LogP contribution >= 0.6 is 11.3 Å². The molecule has 0 spiro atoms. The van der Waals surface area contributed by atoms with Gasteiger partial charge in [0.25, 0.3) is 5.91 Å². The lowest BCUT2D eigenvalue weighted by atomic mass is 10.0. The van der Waals surface area contributed by atoms with Gasteiger partial charge in [-0.15, -0.1) is 11.3 Å². The number of methoxy groups -OCH3 is 1. The van der Waals surface area contributed by atoms with Crippen LogP contribution in [-0.4, -0.2) is 38.0 Å². The number of esters is 1. The van der Waals surface area contributed by atoms with E-state index in [9.17, 15) is 14.4 Å². The summed E-state index contributed by atoms with van der Waals surface area (Å²) in [6.45, 7) is 2.55. The maximum atomic E-state index is 12.6. The Labute approximate surface area is 161 Å². The first-order valence-corrected chi connectivity index (χ1v) is 9.38. The normalized spacial score (nSPS) is 13.0. The Morgan fingerprint density at radius 1 is 1.30 bits per heavy atom. The zero-order chi connectivity index (χ0) is 19.6. The number of fused-ring (bicyclic) bond motifs is 1. The lowest BCUT2D eigenvalue weighted by Gasteiger charge is -2.30. The highest BCUT2D eigenvalue weighted by Gasteiger charge is 2.26. The quantitative estimate of drug-likeness (QED) is 0.767. The smallest absolute Gasteiger partial charge is 0.341 e. The molecule has 0 aliphatic carbocycles. The number of carbonyl (C=O) groups excluding carboxylic acids is 3. The van der Waals surface area contributed by atoms with Crippen molar-refractivity contribution in [2.45, 2.75) is 19.8 Å². The van der Waals surface area contributed by atoms with Crippen molar-refractivity contribution in [2.24, 2.45) is 5.73 Å². The molecule has 2 aromatic rings. The van der Waals surface area contributed by atoms with E-state index in [2.05, 4.69) is 11.4 Å². The van der Waals surface area contributed by atoms with Crippen LogP contribution in [0.3, 0.4) is 0 Å². The number of rotatable bonds is 5. The third-order valence-corrected chi connectivity index (χ3v) is 5.78. The molecule has 2 heterocycles. The summed E-state index contributed by atoms with van der Waals surface area (Å²) < 4.78 is 4.78. The molecule has 0 saturated carbocycles. The van der Waals surface area contributed by atoms with Crippen molar-refractivity contribution in [1.82, 2.24) is 0 Å². The molecule has 0 saturated heterocycles. The molecular formula is C19H21N3O4S. The van der Waals surface area contributed by atoms with Gasteiger partial charge in [0.15, 0.2) is 0 Å². The van der Waals surface area contributed by atoms with Crippen LogP contribution in [-0.2, 0) is 16.0 Å². The lowest BCUT2D eigenvalue weighted by Crippen LogP contribution is -2.36. The zero-order valence-electron chi connectivity index (χ0n) is 15.2. The third-order valence-electron chi connectivity index (χ3n) is 4.55. The summed E-state index contributed by atoms with van der Waals surface area (Å²) in [5.41, 5.74) is 8.22. The van der Waals surface area contributed by atoms with Crippen LogP contribution in [0.4, 0.5) is 10.7 Å². The zero-order valence-corrected chi connectivity index (χ0v) is 16.0. The standard InChI is InChI=1S/C19H21N3O4S/c1-11-15(19(25)26-2)18(27-16(11)17(20)24)21-14(23)10-22-9-5-7-12-6-3-4-8-13(12)22/h3-4,6,8H,5,7,9-10H2,1-2H3,(H2,20,24)(H,21,23). The SMILES string of the molecule is COC(=O)c1c(NC(=O)CN2CCCc3ccccc32)sc(C(N)=O)c1C. The number of anilines is 2. The van der Waals surface area contributed by atoms with Gasteiger partial charge in [0.1, 0.15) is 5.00 Å². The fourth-order valence-electron chi connectivity index (χ4n) is 3.30. The molecule has 142 valence electrons. The van der Waals surface area contributed by atoms with Gasteiger partial charge in [-0.05, 0) is 37.0 Å². The van der Waals surface area contributed by atoms with Crippen molar-refractivity contribution in [1.29, 1.82) is 0 Å². The Balaban J connectivity index is 1.82. The Kier molecular flexibility index (Phi) is 5.46. The van der Waals surface area contributed by atoms with Gasteiger partial charge < -0.3 is 20.7 Å². The summed E-state index contributed by atoms with van der Waals surface area (Å²) in [7, 11) is 1.25. The fourth-order valence-corrected chi connectivity index (χ4v) is 4.36. The second-order valence-corrected chi connectivity index (χ2v) is 7.34. The van der Waals surface area contributed by atoms with Crippen LogP contribution in [0.1, 0.15) is 37.6 Å². The highest BCUT2D eigenvalue weighted by molar-refractivity contribution is 7.18. The summed E-state index contributed by atoms with van der Waals surface area (Å²) in [6, 6.07) is 8.01. The number of ether oxygens (including phenoxy) is 1. The molecule has 0 atom stereocenters. The Morgan fingerprint density at radius 2 is 2.04 bits per heavy atom. The molecule has 0 radical (unpaired) electrons. The Hall–Kier alpha value is -2.87. The van der Waals surface area contributed by atoms with Crippen molar-refractivity contribution < 1.29 is 19.1 Å². The van der Waals surface area contributed by atoms with Crippen molar-refractivity contribution in [3.63, 3.8) is 0 Å². The largest absolute Gasteiger partial charge is 0.465 e. The maximum absolute atomic E-state index is 12.6. The summed E-state index contributed by atoms with van der Waals surface area (Å²) in [6.07, 6.45) is 1.97.